The van der Waals surface area contributed by atoms with Crippen LogP contribution < -0.4 is 29.9 Å². The van der Waals surface area contributed by atoms with Crippen molar-refractivity contribution in [3.05, 3.63) is 198 Å². The third-order valence-corrected chi connectivity index (χ3v) is 17.4. The Morgan fingerprint density at radius 3 is 1.52 bits per heavy atom. The topological polar surface area (TPSA) is 211 Å². The molecule has 4 amide bonds. The number of nitrogens with zero attached hydrogens (tertiary/aromatic N) is 3. The lowest BCUT2D eigenvalue weighted by Gasteiger charge is -2.27. The van der Waals surface area contributed by atoms with E-state index in [9.17, 15) is 39.6 Å². The fourth-order valence-corrected chi connectivity index (χ4v) is 12.6. The van der Waals surface area contributed by atoms with Gasteiger partial charge < -0.3 is 60.0 Å². The summed E-state index contributed by atoms with van der Waals surface area (Å²) in [7, 11) is 6.66. The van der Waals surface area contributed by atoms with Crippen LogP contribution in [0.15, 0.2) is 191 Å². The molecule has 6 atom stereocenters. The number of thioether (sulfide) groups is 3. The van der Waals surface area contributed by atoms with Crippen LogP contribution in [0.4, 0.5) is 21.9 Å². The number of ether oxygens (including phenoxy) is 3. The summed E-state index contributed by atoms with van der Waals surface area (Å²) in [6.07, 6.45) is -3.98. The minimum absolute atomic E-state index is 0.161. The average molecular weight is 1140 g/mol. The lowest BCUT2D eigenvalue weighted by atomic mass is 10.1. The molecule has 0 saturated carbocycles. The molecule has 7 aromatic rings. The Hall–Kier alpha value is -7.49. The molecule has 80 heavy (non-hydrogen) atoms. The van der Waals surface area contributed by atoms with E-state index >= 15 is 0 Å². The summed E-state index contributed by atoms with van der Waals surface area (Å²) in [5.74, 6) is 0.520. The van der Waals surface area contributed by atoms with Gasteiger partial charge in [0.25, 0.3) is 17.7 Å². The minimum Gasteiger partial charge on any atom is -0.508 e. The summed E-state index contributed by atoms with van der Waals surface area (Å²) >= 11 is 4.40. The highest BCUT2D eigenvalue weighted by Crippen LogP contribution is 2.48. The molecule has 0 spiro atoms. The van der Waals surface area contributed by atoms with Crippen molar-refractivity contribution >= 4 is 76.2 Å². The smallest absolute Gasteiger partial charge is 0.409 e. The zero-order valence-electron chi connectivity index (χ0n) is 44.5. The number of rotatable bonds is 13. The number of hydrogen-bond acceptors (Lipinski definition) is 15. The van der Waals surface area contributed by atoms with Crippen molar-refractivity contribution in [3.63, 3.8) is 0 Å². The second-order valence-corrected chi connectivity index (χ2v) is 22.1. The summed E-state index contributed by atoms with van der Waals surface area (Å²) in [6, 6.07) is 53.7. The van der Waals surface area contributed by atoms with Crippen molar-refractivity contribution in [2.75, 3.05) is 69.6 Å². The number of methoxy groups -OCH3 is 2. The van der Waals surface area contributed by atoms with Crippen LogP contribution in [-0.4, -0.2) is 122 Å². The summed E-state index contributed by atoms with van der Waals surface area (Å²) in [5.41, 5.74) is 5.70. The van der Waals surface area contributed by atoms with E-state index in [1.165, 1.54) is 40.2 Å². The largest absolute Gasteiger partial charge is 0.508 e. The van der Waals surface area contributed by atoms with Gasteiger partial charge in [0.05, 0.1) is 47.0 Å². The van der Waals surface area contributed by atoms with Crippen molar-refractivity contribution in [1.82, 2.24) is 10.2 Å². The number of phenolic OH excluding ortho intramolecular Hbond substituents is 1. The van der Waals surface area contributed by atoms with E-state index in [0.717, 1.165) is 54.1 Å². The molecular formula is C61H63N5O11S3. The molecule has 0 radical (unpaired) electrons. The molecule has 6 N–H and O–H groups in total. The highest BCUT2D eigenvalue weighted by molar-refractivity contribution is 8.00. The zero-order chi connectivity index (χ0) is 56.7. The number of nitrogens with one attached hydrogen (secondary N) is 2. The number of phenols is 1. The molecule has 10 rings (SSSR count). The van der Waals surface area contributed by atoms with Crippen LogP contribution >= 0.6 is 35.3 Å². The molecule has 0 aliphatic carbocycles. The fourth-order valence-electron chi connectivity index (χ4n) is 8.85. The van der Waals surface area contributed by atoms with Crippen LogP contribution in [0.1, 0.15) is 38.0 Å². The zero-order valence-corrected chi connectivity index (χ0v) is 46.9. The molecule has 416 valence electrons. The summed E-state index contributed by atoms with van der Waals surface area (Å²) in [6.45, 7) is 1.78. The number of hydrogen-bond donors (Lipinski definition) is 6. The van der Waals surface area contributed by atoms with Gasteiger partial charge in [-0.15, -0.1) is 35.3 Å². The van der Waals surface area contributed by atoms with Gasteiger partial charge >= 0.3 is 6.09 Å². The third kappa shape index (κ3) is 14.5. The lowest BCUT2D eigenvalue weighted by Crippen LogP contribution is -2.44. The first-order valence-electron chi connectivity index (χ1n) is 25.7. The second-order valence-electron chi connectivity index (χ2n) is 18.6. The minimum atomic E-state index is -1.25. The maximum atomic E-state index is 13.4. The number of carbonyl (C=O) groups is 4. The SMILES string of the molecule is CNCCN1C(=O)[C@H](O)[C@H](c2ccc(O)cc2)Sc2ccccc21.COc1ccc([C@@H]2Sc3ccccc3N(CCN(C)C(=O)OCc3ccccc3)C(=O)[C@@H]2O)cc1.COc1ccc([C@@H]2Sc3ccccc3NC(=O)[C@@H]2O)cc1. The average Bonchev–Trinajstić information content (AvgIpc) is 3.82. The Kier molecular flexibility index (Phi) is 20.6. The van der Waals surface area contributed by atoms with Gasteiger partial charge in [-0.05, 0) is 102 Å². The fraction of sp³-hybridized carbons (Fsp3) is 0.246. The van der Waals surface area contributed by atoms with Crippen LogP contribution in [0, 0.1) is 0 Å². The monoisotopic (exact) mass is 1140 g/mol. The van der Waals surface area contributed by atoms with Crippen LogP contribution in [0.2, 0.25) is 0 Å². The van der Waals surface area contributed by atoms with E-state index < -0.39 is 40.8 Å². The number of likely N-dealkylation sites (N-methyl/N-ethyl adjacent to an activating group) is 2. The van der Waals surface area contributed by atoms with Gasteiger partial charge in [-0.2, -0.15) is 0 Å². The highest BCUT2D eigenvalue weighted by Gasteiger charge is 2.39. The normalized spacial score (nSPS) is 19.3. The van der Waals surface area contributed by atoms with Crippen molar-refractivity contribution in [1.29, 1.82) is 0 Å². The van der Waals surface area contributed by atoms with E-state index in [4.69, 9.17) is 14.2 Å². The molecule has 3 aliphatic rings. The number of aliphatic hydroxyl groups is 3. The van der Waals surface area contributed by atoms with Gasteiger partial charge in [-0.25, -0.2) is 4.79 Å². The van der Waals surface area contributed by atoms with Gasteiger partial charge in [-0.1, -0.05) is 103 Å². The molecule has 3 heterocycles. The Labute approximate surface area is 478 Å². The third-order valence-electron chi connectivity index (χ3n) is 13.3. The number of fused-ring (bicyclic) bond motifs is 3. The van der Waals surface area contributed by atoms with Crippen molar-refractivity contribution in [2.24, 2.45) is 0 Å². The van der Waals surface area contributed by atoms with Crippen LogP contribution in [0.5, 0.6) is 17.2 Å². The Morgan fingerprint density at radius 1 is 0.575 bits per heavy atom. The Bertz CT molecular complexity index is 3200. The number of aliphatic hydroxyl groups excluding tert-OH is 3. The molecule has 16 nitrogen and oxygen atoms in total. The molecule has 19 heteroatoms. The number of para-hydroxylation sites is 3. The predicted octanol–water partition coefficient (Wildman–Crippen LogP) is 9.50. The lowest BCUT2D eigenvalue weighted by molar-refractivity contribution is -0.127. The maximum Gasteiger partial charge on any atom is 0.409 e. The molecule has 0 unspecified atom stereocenters. The maximum absolute atomic E-state index is 13.4. The van der Waals surface area contributed by atoms with E-state index in [2.05, 4.69) is 10.6 Å². The second kappa shape index (κ2) is 28.1. The molecular weight excluding hydrogens is 1070 g/mol. The number of amides is 4. The first-order chi connectivity index (χ1) is 38.8. The molecule has 0 bridgehead atoms. The Morgan fingerprint density at radius 2 is 1.01 bits per heavy atom. The quantitative estimate of drug-likeness (QED) is 0.0635. The van der Waals surface area contributed by atoms with Crippen LogP contribution in [-0.2, 0) is 25.7 Å². The molecule has 3 aliphatic heterocycles. The van der Waals surface area contributed by atoms with Gasteiger partial charge in [0.15, 0.2) is 0 Å². The number of aromatic hydroxyl groups is 1. The van der Waals surface area contributed by atoms with Crippen molar-refractivity contribution in [3.8, 4) is 17.2 Å². The van der Waals surface area contributed by atoms with Gasteiger partial charge in [0, 0.05) is 47.9 Å². The first-order valence-corrected chi connectivity index (χ1v) is 28.3. The molecule has 0 fully saturated rings. The standard InChI is InChI=1S/C27H28N2O5S.C18H20N2O3S.C16H15NO3S/c1-28(27(32)34-18-19-8-4-3-5-9-19)16-17-29-22-10-6-7-11-23(22)35-25(24(30)26(29)31)20-12-14-21(33-2)15-13-20;1-19-10-11-20-14-4-2-3-5-15(14)24-17(16(22)18(20)23)12-6-8-13(21)9-7-12;1-20-11-8-6-10(7-9-11)15-14(18)16(19)17-12-4-2-3-5-13(12)21-15/h3-15,24-25,30H,16-18H2,1-2H3;2-9,16-17,19,21-22H,10-11H2,1H3;2-9,14-15,18H,1H3,(H,17,19)/t24-,25+;16-,17+;14-,15+/m111/s1. The van der Waals surface area contributed by atoms with Gasteiger partial charge in [0.1, 0.15) is 42.2 Å². The van der Waals surface area contributed by atoms with E-state index in [1.807, 2.05) is 159 Å². The number of benzene rings is 7. The number of anilines is 3. The van der Waals surface area contributed by atoms with E-state index in [0.29, 0.717) is 24.5 Å². The molecule has 0 saturated heterocycles. The highest BCUT2D eigenvalue weighted by atomic mass is 32.2. The van der Waals surface area contributed by atoms with Crippen LogP contribution in [0.25, 0.3) is 0 Å². The van der Waals surface area contributed by atoms with Crippen molar-refractivity contribution < 1.29 is 53.8 Å². The molecule has 0 aromatic heterocycles. The summed E-state index contributed by atoms with van der Waals surface area (Å²) in [5, 5.41) is 46.1. The van der Waals surface area contributed by atoms with E-state index in [-0.39, 0.29) is 42.5 Å². The van der Waals surface area contributed by atoms with E-state index in [1.54, 1.807) is 55.3 Å². The first kappa shape index (κ1) is 58.7. The summed E-state index contributed by atoms with van der Waals surface area (Å²) < 4.78 is 15.8. The van der Waals surface area contributed by atoms with Gasteiger partial charge in [0.2, 0.25) is 0 Å². The van der Waals surface area contributed by atoms with Crippen molar-refractivity contribution in [2.45, 2.75) is 55.4 Å². The molecule has 7 aromatic carbocycles. The Balaban J connectivity index is 0.000000164. The predicted molar refractivity (Wildman–Crippen MR) is 314 cm³/mol. The number of carbonyl (C=O) groups excluding carboxylic acids is 4. The van der Waals surface area contributed by atoms with Gasteiger partial charge in [-0.3, -0.25) is 14.4 Å². The van der Waals surface area contributed by atoms with Crippen LogP contribution in [0.3, 0.4) is 0 Å². The summed E-state index contributed by atoms with van der Waals surface area (Å²) in [4.78, 5) is 58.2.